The number of halogens is 1. The topological polar surface area (TPSA) is 108 Å². The predicted molar refractivity (Wildman–Crippen MR) is 131 cm³/mol. The van der Waals surface area contributed by atoms with E-state index < -0.39 is 22.6 Å². The Morgan fingerprint density at radius 1 is 1.24 bits per heavy atom. The highest BCUT2D eigenvalue weighted by Gasteiger charge is 2.75. The molecule has 180 valence electrons. The molecule has 8 nitrogen and oxygen atoms in total. The van der Waals surface area contributed by atoms with Gasteiger partial charge in [-0.15, -0.1) is 11.8 Å². The Labute approximate surface area is 206 Å². The van der Waals surface area contributed by atoms with E-state index in [0.717, 1.165) is 6.42 Å². The largest absolute Gasteiger partial charge is 0.497 e. The minimum absolute atomic E-state index is 0.0493. The first-order chi connectivity index (χ1) is 15.9. The Hall–Kier alpha value is -1.78. The second kappa shape index (κ2) is 9.84. The first-order valence-corrected chi connectivity index (χ1v) is 13.1. The number of hydrogen-bond acceptors (Lipinski definition) is 6. The molecule has 1 aromatic rings. The van der Waals surface area contributed by atoms with Crippen LogP contribution in [0.25, 0.3) is 0 Å². The van der Waals surface area contributed by atoms with E-state index in [1.807, 2.05) is 0 Å². The average molecular weight is 540 g/mol. The summed E-state index contributed by atoms with van der Waals surface area (Å²) in [6.45, 7) is 0.528. The van der Waals surface area contributed by atoms with Gasteiger partial charge in [-0.3, -0.25) is 14.4 Å². The highest BCUT2D eigenvalue weighted by molar-refractivity contribution is 9.09. The molecule has 3 heterocycles. The van der Waals surface area contributed by atoms with Crippen molar-refractivity contribution in [3.05, 3.63) is 24.3 Å². The second-order valence-corrected chi connectivity index (χ2v) is 11.5. The lowest BCUT2D eigenvalue weighted by Gasteiger charge is -2.35. The Balaban J connectivity index is 1.65. The van der Waals surface area contributed by atoms with Gasteiger partial charge in [-0.25, -0.2) is 0 Å². The Morgan fingerprint density at radius 3 is 2.61 bits per heavy atom. The number of likely N-dealkylation sites (tertiary alicyclic amines) is 1. The SMILES string of the molecule is CNC(=O)[C@H]1[C@H]2C(=O)N(CCCCCO)C(C(=O)Nc3ccc(OC)cc3)C23CC(Br)[C@@H]1S3. The first-order valence-electron chi connectivity index (χ1n) is 11.3. The Kier molecular flexibility index (Phi) is 7.26. The van der Waals surface area contributed by atoms with E-state index >= 15 is 0 Å². The molecule has 3 amide bonds. The number of ether oxygens (including phenoxy) is 1. The van der Waals surface area contributed by atoms with Crippen LogP contribution in [0, 0.1) is 11.8 Å². The van der Waals surface area contributed by atoms with Gasteiger partial charge in [0.05, 0.1) is 23.7 Å². The molecule has 3 N–H and O–H groups in total. The van der Waals surface area contributed by atoms with Crippen molar-refractivity contribution in [1.29, 1.82) is 0 Å². The van der Waals surface area contributed by atoms with Gasteiger partial charge in [0, 0.05) is 36.0 Å². The standard InChI is InChI=1S/C23H30BrN3O5S/c1-25-20(29)16-17-22(31)27(10-4-3-5-11-28)19(23(17)12-15(24)18(16)33-23)21(30)26-13-6-8-14(32-2)9-7-13/h6-9,15-19,28H,3-5,10-12H2,1-2H3,(H,25,29)(H,26,30)/t15?,16-,17-,18-,19?,23?/m0/s1. The van der Waals surface area contributed by atoms with Crippen LogP contribution in [0.3, 0.4) is 0 Å². The third-order valence-corrected chi connectivity index (χ3v) is 10.2. The minimum atomic E-state index is -0.670. The number of amides is 3. The summed E-state index contributed by atoms with van der Waals surface area (Å²) in [7, 11) is 3.17. The summed E-state index contributed by atoms with van der Waals surface area (Å²) in [4.78, 5) is 41.9. The number of alkyl halides is 1. The minimum Gasteiger partial charge on any atom is -0.497 e. The molecule has 3 saturated heterocycles. The maximum absolute atomic E-state index is 13.7. The van der Waals surface area contributed by atoms with E-state index in [4.69, 9.17) is 9.84 Å². The van der Waals surface area contributed by atoms with Crippen LogP contribution in [-0.2, 0) is 14.4 Å². The van der Waals surface area contributed by atoms with Crippen molar-refractivity contribution in [2.45, 2.75) is 46.5 Å². The van der Waals surface area contributed by atoms with Gasteiger partial charge in [-0.05, 0) is 49.9 Å². The van der Waals surface area contributed by atoms with Crippen molar-refractivity contribution in [2.75, 3.05) is 32.6 Å². The summed E-state index contributed by atoms with van der Waals surface area (Å²) in [5.41, 5.74) is 0.629. The van der Waals surface area contributed by atoms with Crippen molar-refractivity contribution >= 4 is 51.1 Å². The van der Waals surface area contributed by atoms with E-state index in [1.165, 1.54) is 0 Å². The summed E-state index contributed by atoms with van der Waals surface area (Å²) in [5.74, 6) is -0.794. The van der Waals surface area contributed by atoms with Crippen molar-refractivity contribution < 1.29 is 24.2 Å². The van der Waals surface area contributed by atoms with E-state index in [1.54, 1.807) is 55.1 Å². The molecule has 0 radical (unpaired) electrons. The highest BCUT2D eigenvalue weighted by Crippen LogP contribution is 2.67. The molecule has 6 atom stereocenters. The molecule has 10 heteroatoms. The number of thioether (sulfide) groups is 1. The second-order valence-electron chi connectivity index (χ2n) is 8.81. The van der Waals surface area contributed by atoms with Crippen LogP contribution in [0.5, 0.6) is 5.75 Å². The maximum atomic E-state index is 13.7. The molecule has 0 saturated carbocycles. The molecule has 3 aliphatic heterocycles. The smallest absolute Gasteiger partial charge is 0.248 e. The fourth-order valence-corrected chi connectivity index (χ4v) is 9.21. The number of carbonyl (C=O) groups excluding carboxylic acids is 3. The fourth-order valence-electron chi connectivity index (χ4n) is 5.59. The van der Waals surface area contributed by atoms with Crippen LogP contribution in [-0.4, -0.2) is 75.9 Å². The fraction of sp³-hybridized carbons (Fsp3) is 0.609. The van der Waals surface area contributed by atoms with Crippen LogP contribution in [0.4, 0.5) is 5.69 Å². The maximum Gasteiger partial charge on any atom is 0.248 e. The van der Waals surface area contributed by atoms with Crippen LogP contribution >= 0.6 is 27.7 Å². The number of hydrogen-bond donors (Lipinski definition) is 3. The van der Waals surface area contributed by atoms with Crippen molar-refractivity contribution in [1.82, 2.24) is 10.2 Å². The number of rotatable bonds is 9. The van der Waals surface area contributed by atoms with Gasteiger partial charge in [0.2, 0.25) is 17.7 Å². The van der Waals surface area contributed by atoms with Gasteiger partial charge in [0.15, 0.2) is 0 Å². The molecule has 4 rings (SSSR count). The summed E-state index contributed by atoms with van der Waals surface area (Å²) < 4.78 is 4.54. The first kappa shape index (κ1) is 24.3. The third-order valence-electron chi connectivity index (χ3n) is 7.00. The zero-order chi connectivity index (χ0) is 23.8. The van der Waals surface area contributed by atoms with Crippen molar-refractivity contribution in [2.24, 2.45) is 11.8 Å². The zero-order valence-electron chi connectivity index (χ0n) is 18.8. The quantitative estimate of drug-likeness (QED) is 0.327. The summed E-state index contributed by atoms with van der Waals surface area (Å²) in [6, 6.07) is 6.42. The molecule has 1 aromatic carbocycles. The Bertz CT molecular complexity index is 916. The van der Waals surface area contributed by atoms with Crippen LogP contribution < -0.4 is 15.4 Å². The monoisotopic (exact) mass is 539 g/mol. The number of anilines is 1. The van der Waals surface area contributed by atoms with Crippen LogP contribution in [0.1, 0.15) is 25.7 Å². The number of aliphatic hydroxyl groups is 1. The van der Waals surface area contributed by atoms with Gasteiger partial charge in [-0.1, -0.05) is 15.9 Å². The highest BCUT2D eigenvalue weighted by atomic mass is 79.9. The zero-order valence-corrected chi connectivity index (χ0v) is 21.2. The number of unbranched alkanes of at least 4 members (excludes halogenated alkanes) is 2. The lowest BCUT2D eigenvalue weighted by atomic mass is 9.70. The summed E-state index contributed by atoms with van der Waals surface area (Å²) >= 11 is 5.36. The average Bonchev–Trinajstić information content (AvgIpc) is 3.40. The van der Waals surface area contributed by atoms with Crippen molar-refractivity contribution in [3.8, 4) is 5.75 Å². The lowest BCUT2D eigenvalue weighted by Crippen LogP contribution is -2.53. The molecule has 2 bridgehead atoms. The van der Waals surface area contributed by atoms with Gasteiger partial charge in [0.1, 0.15) is 11.8 Å². The van der Waals surface area contributed by atoms with E-state index in [0.29, 0.717) is 37.2 Å². The molecule has 3 aliphatic rings. The molecule has 3 unspecified atom stereocenters. The third kappa shape index (κ3) is 4.14. The number of nitrogens with one attached hydrogen (secondary N) is 2. The van der Waals surface area contributed by atoms with E-state index in [9.17, 15) is 14.4 Å². The number of aliphatic hydroxyl groups excluding tert-OH is 1. The number of benzene rings is 1. The molecule has 0 aromatic heterocycles. The van der Waals surface area contributed by atoms with Gasteiger partial charge in [0.25, 0.3) is 0 Å². The van der Waals surface area contributed by atoms with Gasteiger partial charge < -0.3 is 25.4 Å². The number of nitrogens with zero attached hydrogens (tertiary/aromatic N) is 1. The van der Waals surface area contributed by atoms with Crippen LogP contribution in [0.15, 0.2) is 24.3 Å². The van der Waals surface area contributed by atoms with Gasteiger partial charge in [-0.2, -0.15) is 0 Å². The molecule has 0 aliphatic carbocycles. The molecule has 1 spiro atoms. The number of methoxy groups -OCH3 is 1. The molecular weight excluding hydrogens is 510 g/mol. The molecule has 3 fully saturated rings. The van der Waals surface area contributed by atoms with Crippen molar-refractivity contribution in [3.63, 3.8) is 0 Å². The summed E-state index contributed by atoms with van der Waals surface area (Å²) in [6.07, 6.45) is 2.76. The van der Waals surface area contributed by atoms with Crippen LogP contribution in [0.2, 0.25) is 0 Å². The van der Waals surface area contributed by atoms with E-state index in [-0.39, 0.29) is 34.4 Å². The molecular formula is C23H30BrN3O5S. The Morgan fingerprint density at radius 2 is 1.97 bits per heavy atom. The normalized spacial score (nSPS) is 32.1. The predicted octanol–water partition coefficient (Wildman–Crippen LogP) is 2.01. The van der Waals surface area contributed by atoms with Gasteiger partial charge >= 0.3 is 0 Å². The molecule has 33 heavy (non-hydrogen) atoms. The number of carbonyl (C=O) groups is 3. The van der Waals surface area contributed by atoms with E-state index in [2.05, 4.69) is 26.6 Å². The lowest BCUT2D eigenvalue weighted by molar-refractivity contribution is -0.139. The summed E-state index contributed by atoms with van der Waals surface area (Å²) in [5, 5.41) is 14.8. The number of fused-ring (bicyclic) bond motifs is 1.